The molecule has 2 atom stereocenters. The van der Waals surface area contributed by atoms with Gasteiger partial charge in [-0.15, -0.1) is 0 Å². The average Bonchev–Trinajstić information content (AvgIpc) is 2.46. The van der Waals surface area contributed by atoms with Crippen molar-refractivity contribution in [3.63, 3.8) is 0 Å². The SMILES string of the molecule is CCC1CC(C(N)=O)CCN1c1ccc(C(=O)O)cn1. The molecule has 108 valence electrons. The molecule has 2 rings (SSSR count). The van der Waals surface area contributed by atoms with Gasteiger partial charge in [-0.1, -0.05) is 6.92 Å². The number of hydrogen-bond donors (Lipinski definition) is 2. The van der Waals surface area contributed by atoms with Gasteiger partial charge in [-0.3, -0.25) is 4.79 Å². The van der Waals surface area contributed by atoms with E-state index < -0.39 is 5.97 Å². The molecule has 3 N–H and O–H groups in total. The summed E-state index contributed by atoms with van der Waals surface area (Å²) < 4.78 is 0. The normalized spacial score (nSPS) is 22.6. The number of pyridine rings is 1. The van der Waals surface area contributed by atoms with E-state index in [1.165, 1.54) is 6.20 Å². The molecule has 0 aromatic carbocycles. The van der Waals surface area contributed by atoms with Gasteiger partial charge in [0.05, 0.1) is 5.56 Å². The lowest BCUT2D eigenvalue weighted by atomic mass is 9.89. The highest BCUT2D eigenvalue weighted by atomic mass is 16.4. The first-order valence-corrected chi connectivity index (χ1v) is 6.78. The number of piperidine rings is 1. The van der Waals surface area contributed by atoms with Crippen LogP contribution < -0.4 is 10.6 Å². The first kappa shape index (κ1) is 14.3. The van der Waals surface area contributed by atoms with Gasteiger partial charge in [-0.25, -0.2) is 9.78 Å². The Kier molecular flexibility index (Phi) is 4.22. The molecular weight excluding hydrogens is 258 g/mol. The Morgan fingerprint density at radius 3 is 2.75 bits per heavy atom. The number of carbonyl (C=O) groups excluding carboxylic acids is 1. The van der Waals surface area contributed by atoms with Crippen molar-refractivity contribution < 1.29 is 14.7 Å². The van der Waals surface area contributed by atoms with Crippen molar-refractivity contribution in [1.82, 2.24) is 4.98 Å². The van der Waals surface area contributed by atoms with Crippen molar-refractivity contribution in [3.05, 3.63) is 23.9 Å². The monoisotopic (exact) mass is 277 g/mol. The average molecular weight is 277 g/mol. The number of aromatic carboxylic acids is 1. The maximum absolute atomic E-state index is 11.3. The van der Waals surface area contributed by atoms with Crippen LogP contribution in [0, 0.1) is 5.92 Å². The first-order valence-electron chi connectivity index (χ1n) is 6.78. The molecule has 1 aliphatic rings. The highest BCUT2D eigenvalue weighted by molar-refractivity contribution is 5.87. The minimum atomic E-state index is -0.983. The molecule has 0 bridgehead atoms. The third kappa shape index (κ3) is 2.89. The molecule has 2 heterocycles. The summed E-state index contributed by atoms with van der Waals surface area (Å²) in [6.45, 7) is 2.78. The molecule has 6 nitrogen and oxygen atoms in total. The third-order valence-electron chi connectivity index (χ3n) is 3.88. The molecule has 0 spiro atoms. The van der Waals surface area contributed by atoms with E-state index in [4.69, 9.17) is 10.8 Å². The number of amides is 1. The summed E-state index contributed by atoms with van der Waals surface area (Å²) in [5.41, 5.74) is 5.56. The van der Waals surface area contributed by atoms with E-state index in [0.717, 1.165) is 18.7 Å². The van der Waals surface area contributed by atoms with Gasteiger partial charge < -0.3 is 15.7 Å². The minimum absolute atomic E-state index is 0.0745. The minimum Gasteiger partial charge on any atom is -0.478 e. The zero-order valence-electron chi connectivity index (χ0n) is 11.5. The number of primary amides is 1. The van der Waals surface area contributed by atoms with Gasteiger partial charge in [0.2, 0.25) is 5.91 Å². The highest BCUT2D eigenvalue weighted by Gasteiger charge is 2.30. The maximum Gasteiger partial charge on any atom is 0.337 e. The van der Waals surface area contributed by atoms with E-state index >= 15 is 0 Å². The number of anilines is 1. The molecule has 0 radical (unpaired) electrons. The predicted molar refractivity (Wildman–Crippen MR) is 74.5 cm³/mol. The van der Waals surface area contributed by atoms with Crippen LogP contribution in [-0.4, -0.2) is 34.6 Å². The number of nitrogens with zero attached hydrogens (tertiary/aromatic N) is 2. The highest BCUT2D eigenvalue weighted by Crippen LogP contribution is 2.28. The fraction of sp³-hybridized carbons (Fsp3) is 0.500. The van der Waals surface area contributed by atoms with E-state index in [9.17, 15) is 9.59 Å². The van der Waals surface area contributed by atoms with Crippen LogP contribution in [0.5, 0.6) is 0 Å². The van der Waals surface area contributed by atoms with Crippen LogP contribution in [0.15, 0.2) is 18.3 Å². The topological polar surface area (TPSA) is 96.5 Å². The number of nitrogens with two attached hydrogens (primary N) is 1. The van der Waals surface area contributed by atoms with Crippen molar-refractivity contribution in [2.75, 3.05) is 11.4 Å². The Hall–Kier alpha value is -2.11. The molecule has 0 aliphatic carbocycles. The molecule has 1 aromatic heterocycles. The Morgan fingerprint density at radius 1 is 1.50 bits per heavy atom. The summed E-state index contributed by atoms with van der Waals surface area (Å²) in [6.07, 6.45) is 3.71. The molecule has 1 saturated heterocycles. The first-order chi connectivity index (χ1) is 9.52. The summed E-state index contributed by atoms with van der Waals surface area (Å²) >= 11 is 0. The molecule has 20 heavy (non-hydrogen) atoms. The van der Waals surface area contributed by atoms with Crippen molar-refractivity contribution >= 4 is 17.7 Å². The summed E-state index contributed by atoms with van der Waals surface area (Å²) in [5.74, 6) is -0.542. The van der Waals surface area contributed by atoms with Crippen LogP contribution >= 0.6 is 0 Å². The molecule has 2 unspecified atom stereocenters. The van der Waals surface area contributed by atoms with Crippen LogP contribution in [0.4, 0.5) is 5.82 Å². The molecule has 1 aliphatic heterocycles. The van der Waals surface area contributed by atoms with Gasteiger partial charge in [0, 0.05) is 24.7 Å². The van der Waals surface area contributed by atoms with Gasteiger partial charge in [0.25, 0.3) is 0 Å². The van der Waals surface area contributed by atoms with E-state index in [2.05, 4.69) is 16.8 Å². The molecule has 1 fully saturated rings. The molecule has 1 aromatic rings. The van der Waals surface area contributed by atoms with E-state index in [0.29, 0.717) is 13.0 Å². The Labute approximate surface area is 117 Å². The second-order valence-corrected chi connectivity index (χ2v) is 5.09. The fourth-order valence-electron chi connectivity index (χ4n) is 2.68. The summed E-state index contributed by atoms with van der Waals surface area (Å²) in [6, 6.07) is 3.48. The largest absolute Gasteiger partial charge is 0.478 e. The second kappa shape index (κ2) is 5.90. The lowest BCUT2D eigenvalue weighted by Gasteiger charge is -2.39. The summed E-state index contributed by atoms with van der Waals surface area (Å²) in [4.78, 5) is 28.5. The fourth-order valence-corrected chi connectivity index (χ4v) is 2.68. The zero-order chi connectivity index (χ0) is 14.7. The second-order valence-electron chi connectivity index (χ2n) is 5.09. The zero-order valence-corrected chi connectivity index (χ0v) is 11.5. The Morgan fingerprint density at radius 2 is 2.25 bits per heavy atom. The van der Waals surface area contributed by atoms with Gasteiger partial charge in [0.15, 0.2) is 0 Å². The van der Waals surface area contributed by atoms with Crippen molar-refractivity contribution in [2.24, 2.45) is 11.7 Å². The van der Waals surface area contributed by atoms with Gasteiger partial charge >= 0.3 is 5.97 Å². The number of aromatic nitrogens is 1. The van der Waals surface area contributed by atoms with Crippen molar-refractivity contribution in [1.29, 1.82) is 0 Å². The summed E-state index contributed by atoms with van der Waals surface area (Å²) in [7, 11) is 0. The Bertz CT molecular complexity index is 501. The maximum atomic E-state index is 11.3. The lowest BCUT2D eigenvalue weighted by Crippen LogP contribution is -2.45. The standard InChI is InChI=1S/C14H19N3O3/c1-2-11-7-9(13(15)18)5-6-17(11)12-4-3-10(8-16-12)14(19)20/h3-4,8-9,11H,2,5-7H2,1H3,(H2,15,18)(H,19,20). The molecule has 6 heteroatoms. The van der Waals surface area contributed by atoms with Crippen LogP contribution in [0.1, 0.15) is 36.5 Å². The van der Waals surface area contributed by atoms with Crippen LogP contribution in [0.2, 0.25) is 0 Å². The third-order valence-corrected chi connectivity index (χ3v) is 3.88. The van der Waals surface area contributed by atoms with Gasteiger partial charge in [-0.2, -0.15) is 0 Å². The van der Waals surface area contributed by atoms with Crippen LogP contribution in [0.3, 0.4) is 0 Å². The Balaban J connectivity index is 2.15. The van der Waals surface area contributed by atoms with Crippen LogP contribution in [-0.2, 0) is 4.79 Å². The predicted octanol–water partition coefficient (Wildman–Crippen LogP) is 1.26. The van der Waals surface area contributed by atoms with Crippen LogP contribution in [0.25, 0.3) is 0 Å². The van der Waals surface area contributed by atoms with E-state index in [-0.39, 0.29) is 23.4 Å². The van der Waals surface area contributed by atoms with E-state index in [1.807, 2.05) is 0 Å². The summed E-state index contributed by atoms with van der Waals surface area (Å²) in [5, 5.41) is 8.88. The van der Waals surface area contributed by atoms with Gasteiger partial charge in [-0.05, 0) is 31.4 Å². The molecule has 1 amide bonds. The van der Waals surface area contributed by atoms with Crippen molar-refractivity contribution in [3.8, 4) is 0 Å². The smallest absolute Gasteiger partial charge is 0.337 e. The number of carboxylic acid groups (broad SMARTS) is 1. The quantitative estimate of drug-likeness (QED) is 0.863. The number of carboxylic acids is 1. The number of rotatable bonds is 4. The number of carbonyl (C=O) groups is 2. The molecule has 0 saturated carbocycles. The van der Waals surface area contributed by atoms with Gasteiger partial charge in [0.1, 0.15) is 5.82 Å². The number of hydrogen-bond acceptors (Lipinski definition) is 4. The van der Waals surface area contributed by atoms with E-state index in [1.54, 1.807) is 12.1 Å². The van der Waals surface area contributed by atoms with Crippen molar-refractivity contribution in [2.45, 2.75) is 32.2 Å². The molecular formula is C14H19N3O3. The lowest BCUT2D eigenvalue weighted by molar-refractivity contribution is -0.122.